The Bertz CT molecular complexity index is 1820. The Morgan fingerprint density at radius 1 is 1.18 bits per heavy atom. The number of fused-ring (bicyclic) bond motifs is 2. The predicted octanol–water partition coefficient (Wildman–Crippen LogP) is 4.62. The molecule has 1 aliphatic heterocycles. The van der Waals surface area contributed by atoms with Crippen LogP contribution < -0.4 is 19.6 Å². The number of aromatic nitrogens is 1. The molecule has 5 rings (SSSR count). The van der Waals surface area contributed by atoms with Crippen LogP contribution in [0.25, 0.3) is 16.8 Å². The molecule has 1 N–H and O–H groups in total. The summed E-state index contributed by atoms with van der Waals surface area (Å²) in [6, 6.07) is 15.6. The molecule has 1 aliphatic rings. The van der Waals surface area contributed by atoms with Gasteiger partial charge in [0.1, 0.15) is 17.5 Å². The van der Waals surface area contributed by atoms with Crippen molar-refractivity contribution in [2.24, 2.45) is 4.99 Å². The Morgan fingerprint density at radius 2 is 1.92 bits per heavy atom. The van der Waals surface area contributed by atoms with Crippen LogP contribution in [0, 0.1) is 0 Å². The maximum absolute atomic E-state index is 14.1. The van der Waals surface area contributed by atoms with E-state index >= 15 is 0 Å². The third-order valence-electron chi connectivity index (χ3n) is 7.00. The summed E-state index contributed by atoms with van der Waals surface area (Å²) in [6.45, 7) is 6.70. The fourth-order valence-corrected chi connectivity index (χ4v) is 6.29. The van der Waals surface area contributed by atoms with E-state index in [1.165, 1.54) is 17.4 Å². The molecule has 200 valence electrons. The lowest BCUT2D eigenvalue weighted by atomic mass is 9.90. The van der Waals surface area contributed by atoms with E-state index in [2.05, 4.69) is 0 Å². The number of carbonyl (C=O) groups is 1. The molecule has 2 heterocycles. The summed E-state index contributed by atoms with van der Waals surface area (Å²) in [5.74, 6) is 0.398. The Labute approximate surface area is 234 Å². The molecule has 0 bridgehead atoms. The maximum Gasteiger partial charge on any atom is 0.271 e. The average Bonchev–Trinajstić information content (AvgIpc) is 3.24. The molecule has 0 saturated carbocycles. The molecule has 9 heteroatoms. The minimum absolute atomic E-state index is 0.00564. The van der Waals surface area contributed by atoms with E-state index in [-0.39, 0.29) is 17.2 Å². The van der Waals surface area contributed by atoms with Gasteiger partial charge >= 0.3 is 0 Å². The van der Waals surface area contributed by atoms with Crippen molar-refractivity contribution in [2.45, 2.75) is 26.8 Å². The minimum Gasteiger partial charge on any atom is -0.507 e. The first-order chi connectivity index (χ1) is 18.8. The number of likely N-dealkylation sites (N-methyl/N-ethyl adjacent to an activating group) is 1. The van der Waals surface area contributed by atoms with Crippen LogP contribution in [-0.4, -0.2) is 40.7 Å². The number of benzene rings is 3. The number of halogens is 1. The number of phenolic OH excluding ortho intramolecular Hbond substituents is 1. The maximum atomic E-state index is 14.1. The van der Waals surface area contributed by atoms with Crippen LogP contribution >= 0.6 is 22.9 Å². The van der Waals surface area contributed by atoms with E-state index in [1.54, 1.807) is 41.7 Å². The SMILES string of the molecule is CCN(CC)C(=O)C1=C(C)N=c2s/c(=C/c3cc(Cl)ccc3O)c(=O)n2[C@@H]1c1c(OC)ccc2ccccc12. The van der Waals surface area contributed by atoms with E-state index in [0.717, 1.165) is 16.3 Å². The quantitative estimate of drug-likeness (QED) is 0.372. The number of methoxy groups -OCH3 is 1. The number of rotatable bonds is 6. The molecule has 0 unspecified atom stereocenters. The molecule has 0 saturated heterocycles. The molecule has 1 atom stereocenters. The van der Waals surface area contributed by atoms with Crippen molar-refractivity contribution in [3.05, 3.63) is 102 Å². The molecule has 1 aromatic heterocycles. The summed E-state index contributed by atoms with van der Waals surface area (Å²) in [4.78, 5) is 35.0. The highest BCUT2D eigenvalue weighted by Gasteiger charge is 2.36. The zero-order chi connectivity index (χ0) is 27.8. The van der Waals surface area contributed by atoms with Crippen LogP contribution in [0.5, 0.6) is 11.5 Å². The van der Waals surface area contributed by atoms with E-state index in [1.807, 2.05) is 50.2 Å². The standard InChI is InChI=1S/C30H28ClN3O4S/c1-5-33(6-2)29(37)25-17(3)32-30-34(28(36)24(39-30)16-19-15-20(31)12-13-22(19)35)27(25)26-21-10-8-7-9-18(21)11-14-23(26)38-4/h7-16,27,35H,5-6H2,1-4H3/b24-16+/t27-/m0/s1. The second kappa shape index (κ2) is 10.7. The van der Waals surface area contributed by atoms with Crippen molar-refractivity contribution in [3.63, 3.8) is 0 Å². The van der Waals surface area contributed by atoms with Gasteiger partial charge in [0.25, 0.3) is 11.5 Å². The Morgan fingerprint density at radius 3 is 2.64 bits per heavy atom. The zero-order valence-corrected chi connectivity index (χ0v) is 23.6. The molecule has 4 aromatic rings. The number of allylic oxidation sites excluding steroid dienone is 1. The van der Waals surface area contributed by atoms with Crippen LogP contribution in [0.3, 0.4) is 0 Å². The van der Waals surface area contributed by atoms with Crippen molar-refractivity contribution in [1.29, 1.82) is 0 Å². The van der Waals surface area contributed by atoms with E-state index < -0.39 is 6.04 Å². The van der Waals surface area contributed by atoms with Crippen molar-refractivity contribution >= 4 is 45.7 Å². The lowest BCUT2D eigenvalue weighted by Crippen LogP contribution is -2.43. The van der Waals surface area contributed by atoms with Gasteiger partial charge in [-0.2, -0.15) is 0 Å². The summed E-state index contributed by atoms with van der Waals surface area (Å²) >= 11 is 7.35. The van der Waals surface area contributed by atoms with Gasteiger partial charge < -0.3 is 14.7 Å². The molecule has 1 amide bonds. The van der Waals surface area contributed by atoms with Gasteiger partial charge in [-0.25, -0.2) is 4.99 Å². The monoisotopic (exact) mass is 561 g/mol. The van der Waals surface area contributed by atoms with Gasteiger partial charge in [0, 0.05) is 29.2 Å². The largest absolute Gasteiger partial charge is 0.507 e. The Hall–Kier alpha value is -3.88. The highest BCUT2D eigenvalue weighted by atomic mass is 35.5. The average molecular weight is 562 g/mol. The van der Waals surface area contributed by atoms with Crippen LogP contribution in [-0.2, 0) is 4.79 Å². The van der Waals surface area contributed by atoms with Gasteiger partial charge in [-0.1, -0.05) is 53.3 Å². The van der Waals surface area contributed by atoms with Gasteiger partial charge in [-0.05, 0) is 61.9 Å². The number of hydrogen-bond acceptors (Lipinski definition) is 6. The van der Waals surface area contributed by atoms with E-state index in [4.69, 9.17) is 21.3 Å². The van der Waals surface area contributed by atoms with Crippen LogP contribution in [0.15, 0.2) is 75.7 Å². The van der Waals surface area contributed by atoms with Gasteiger partial charge in [0.15, 0.2) is 4.80 Å². The minimum atomic E-state index is -0.773. The van der Waals surface area contributed by atoms with Gasteiger partial charge in [0.2, 0.25) is 0 Å². The number of hydrogen-bond donors (Lipinski definition) is 1. The third-order valence-corrected chi connectivity index (χ3v) is 8.22. The summed E-state index contributed by atoms with van der Waals surface area (Å²) in [5, 5.41) is 12.7. The molecule has 0 spiro atoms. The van der Waals surface area contributed by atoms with Crippen LogP contribution in [0.4, 0.5) is 0 Å². The molecule has 3 aromatic carbocycles. The van der Waals surface area contributed by atoms with E-state index in [9.17, 15) is 14.7 Å². The topological polar surface area (TPSA) is 84.1 Å². The number of thiazole rings is 1. The number of aromatic hydroxyl groups is 1. The fourth-order valence-electron chi connectivity index (χ4n) is 5.07. The molecular formula is C30H28ClN3O4S. The van der Waals surface area contributed by atoms with Gasteiger partial charge in [-0.15, -0.1) is 0 Å². The van der Waals surface area contributed by atoms with Crippen molar-refractivity contribution in [2.75, 3.05) is 20.2 Å². The second-order valence-corrected chi connectivity index (χ2v) is 10.6. The van der Waals surface area contributed by atoms with Crippen molar-refractivity contribution in [3.8, 4) is 11.5 Å². The second-order valence-electron chi connectivity index (χ2n) is 9.17. The van der Waals surface area contributed by atoms with Crippen molar-refractivity contribution in [1.82, 2.24) is 9.47 Å². The zero-order valence-electron chi connectivity index (χ0n) is 22.1. The molecular weight excluding hydrogens is 534 g/mol. The number of phenols is 1. The first-order valence-electron chi connectivity index (χ1n) is 12.6. The Balaban J connectivity index is 1.87. The lowest BCUT2D eigenvalue weighted by Gasteiger charge is -2.30. The van der Waals surface area contributed by atoms with Gasteiger partial charge in [0.05, 0.1) is 22.9 Å². The van der Waals surface area contributed by atoms with Crippen molar-refractivity contribution < 1.29 is 14.6 Å². The van der Waals surface area contributed by atoms with Crippen LogP contribution in [0.2, 0.25) is 5.02 Å². The first kappa shape index (κ1) is 26.7. The fraction of sp³-hybridized carbons (Fsp3) is 0.233. The number of nitrogens with zero attached hydrogens (tertiary/aromatic N) is 3. The highest BCUT2D eigenvalue weighted by molar-refractivity contribution is 7.07. The number of carbonyl (C=O) groups excluding carboxylic acids is 1. The molecule has 39 heavy (non-hydrogen) atoms. The highest BCUT2D eigenvalue weighted by Crippen LogP contribution is 2.40. The summed E-state index contributed by atoms with van der Waals surface area (Å²) < 4.78 is 7.76. The molecule has 0 aliphatic carbocycles. The molecule has 7 nitrogen and oxygen atoms in total. The molecule has 0 radical (unpaired) electrons. The summed E-state index contributed by atoms with van der Waals surface area (Å²) in [7, 11) is 1.59. The number of ether oxygens (including phenoxy) is 1. The third kappa shape index (κ3) is 4.64. The normalized spacial score (nSPS) is 15.3. The molecule has 0 fully saturated rings. The predicted molar refractivity (Wildman–Crippen MR) is 155 cm³/mol. The Kier molecular flexibility index (Phi) is 7.34. The first-order valence-corrected chi connectivity index (χ1v) is 13.8. The lowest BCUT2D eigenvalue weighted by molar-refractivity contribution is -0.127. The van der Waals surface area contributed by atoms with E-state index in [0.29, 0.717) is 50.0 Å². The smallest absolute Gasteiger partial charge is 0.271 e. The summed E-state index contributed by atoms with van der Waals surface area (Å²) in [6.07, 6.45) is 1.60. The summed E-state index contributed by atoms with van der Waals surface area (Å²) in [5.41, 5.74) is 1.79. The van der Waals surface area contributed by atoms with Gasteiger partial charge in [-0.3, -0.25) is 14.2 Å². The number of amides is 1. The van der Waals surface area contributed by atoms with Crippen LogP contribution in [0.1, 0.15) is 37.9 Å².